The normalized spacial score (nSPS) is 11.5. The fraction of sp³-hybridized carbons (Fsp3) is 0.0667. The zero-order chi connectivity index (χ0) is 16.4. The Morgan fingerprint density at radius 1 is 1.13 bits per heavy atom. The van der Waals surface area contributed by atoms with Gasteiger partial charge in [-0.15, -0.1) is 0 Å². The molecule has 0 saturated heterocycles. The molecule has 118 valence electrons. The van der Waals surface area contributed by atoms with Crippen molar-refractivity contribution in [2.75, 3.05) is 11.1 Å². The Bertz CT molecular complexity index is 949. The lowest BCUT2D eigenvalue weighted by atomic mass is 10.3. The topological polar surface area (TPSA) is 91.9 Å². The number of amides is 1. The van der Waals surface area contributed by atoms with Gasteiger partial charge >= 0.3 is 0 Å². The summed E-state index contributed by atoms with van der Waals surface area (Å²) < 4.78 is 24.6. The first kappa shape index (κ1) is 15.5. The van der Waals surface area contributed by atoms with Crippen LogP contribution in [-0.4, -0.2) is 30.0 Å². The third kappa shape index (κ3) is 3.35. The second-order valence-electron chi connectivity index (χ2n) is 4.85. The number of nitrogens with zero attached hydrogens (tertiary/aromatic N) is 1. The number of aromatic amines is 1. The minimum absolute atomic E-state index is 0.229. The lowest BCUT2D eigenvalue weighted by Gasteiger charge is -2.06. The predicted octanol–water partition coefficient (Wildman–Crippen LogP) is 2.63. The number of H-pyrrole nitrogens is 1. The second kappa shape index (κ2) is 6.02. The van der Waals surface area contributed by atoms with Crippen molar-refractivity contribution in [3.63, 3.8) is 0 Å². The highest BCUT2D eigenvalue weighted by Crippen LogP contribution is 2.21. The lowest BCUT2D eigenvalue weighted by molar-refractivity contribution is -0.113. The van der Waals surface area contributed by atoms with Crippen molar-refractivity contribution in [2.45, 2.75) is 5.16 Å². The average molecular weight is 350 g/mol. The maximum absolute atomic E-state index is 12.3. The highest BCUT2D eigenvalue weighted by molar-refractivity contribution is 7.92. The molecule has 1 heterocycles. The van der Waals surface area contributed by atoms with Gasteiger partial charge in [-0.2, -0.15) is 0 Å². The van der Waals surface area contributed by atoms with Crippen molar-refractivity contribution in [1.82, 2.24) is 9.97 Å². The van der Waals surface area contributed by atoms with Crippen molar-refractivity contribution < 1.29 is 13.2 Å². The van der Waals surface area contributed by atoms with E-state index in [9.17, 15) is 13.2 Å². The summed E-state index contributed by atoms with van der Waals surface area (Å²) in [7, 11) is -3.88. The number of para-hydroxylation sites is 3. The molecule has 3 rings (SSSR count). The number of carbonyl (C=O) groups is 1. The maximum atomic E-state index is 12.3. The van der Waals surface area contributed by atoms with Gasteiger partial charge in [0.25, 0.3) is 0 Å². The molecule has 1 amide bonds. The van der Waals surface area contributed by atoms with E-state index in [1.165, 1.54) is 0 Å². The van der Waals surface area contributed by atoms with Gasteiger partial charge < -0.3 is 10.3 Å². The van der Waals surface area contributed by atoms with E-state index in [4.69, 9.17) is 11.6 Å². The van der Waals surface area contributed by atoms with Gasteiger partial charge in [0.2, 0.25) is 20.9 Å². The number of hydrogen-bond acceptors (Lipinski definition) is 4. The van der Waals surface area contributed by atoms with E-state index in [-0.39, 0.29) is 5.16 Å². The number of sulfone groups is 1. The number of fused-ring (bicyclic) bond motifs is 1. The molecule has 0 aliphatic heterocycles. The molecule has 2 N–H and O–H groups in total. The number of anilines is 1. The Morgan fingerprint density at radius 3 is 2.57 bits per heavy atom. The van der Waals surface area contributed by atoms with Crippen LogP contribution in [0.5, 0.6) is 0 Å². The Labute approximate surface area is 137 Å². The number of hydrogen-bond donors (Lipinski definition) is 2. The molecule has 0 bridgehead atoms. The van der Waals surface area contributed by atoms with Gasteiger partial charge in [-0.05, 0) is 24.3 Å². The highest BCUT2D eigenvalue weighted by atomic mass is 35.5. The fourth-order valence-electron chi connectivity index (χ4n) is 2.07. The molecule has 0 atom stereocenters. The number of imidazole rings is 1. The summed E-state index contributed by atoms with van der Waals surface area (Å²) in [5.74, 6) is -1.41. The van der Waals surface area contributed by atoms with E-state index in [1.807, 2.05) is 0 Å². The van der Waals surface area contributed by atoms with Crippen LogP contribution >= 0.6 is 11.6 Å². The molecule has 0 aliphatic rings. The highest BCUT2D eigenvalue weighted by Gasteiger charge is 2.23. The van der Waals surface area contributed by atoms with Crippen LogP contribution in [0.15, 0.2) is 53.7 Å². The lowest BCUT2D eigenvalue weighted by Crippen LogP contribution is -2.23. The quantitative estimate of drug-likeness (QED) is 0.757. The molecule has 2 aromatic carbocycles. The summed E-state index contributed by atoms with van der Waals surface area (Å²) in [6.45, 7) is 0. The number of benzene rings is 2. The maximum Gasteiger partial charge on any atom is 0.240 e. The zero-order valence-electron chi connectivity index (χ0n) is 11.8. The van der Waals surface area contributed by atoms with Crippen molar-refractivity contribution in [1.29, 1.82) is 0 Å². The van der Waals surface area contributed by atoms with Gasteiger partial charge in [-0.3, -0.25) is 4.79 Å². The minimum atomic E-state index is -3.88. The van der Waals surface area contributed by atoms with Crippen molar-refractivity contribution >= 4 is 44.1 Å². The van der Waals surface area contributed by atoms with Crippen LogP contribution < -0.4 is 5.32 Å². The number of halogens is 1. The molecular weight excluding hydrogens is 338 g/mol. The summed E-state index contributed by atoms with van der Waals surface area (Å²) in [6, 6.07) is 13.5. The number of rotatable bonds is 4. The predicted molar refractivity (Wildman–Crippen MR) is 88.2 cm³/mol. The largest absolute Gasteiger partial charge is 0.329 e. The van der Waals surface area contributed by atoms with E-state index in [2.05, 4.69) is 15.3 Å². The molecule has 0 spiro atoms. The van der Waals surface area contributed by atoms with Crippen LogP contribution in [0.1, 0.15) is 0 Å². The Balaban J connectivity index is 1.80. The SMILES string of the molecule is O=C(CS(=O)(=O)c1nc2ccccc2[nH]1)Nc1ccccc1Cl. The van der Waals surface area contributed by atoms with Crippen LogP contribution in [0.4, 0.5) is 5.69 Å². The van der Waals surface area contributed by atoms with Crippen LogP contribution in [-0.2, 0) is 14.6 Å². The van der Waals surface area contributed by atoms with Gasteiger partial charge in [0.05, 0.1) is 21.7 Å². The van der Waals surface area contributed by atoms with Gasteiger partial charge in [0, 0.05) is 0 Å². The first-order valence-corrected chi connectivity index (χ1v) is 8.70. The van der Waals surface area contributed by atoms with E-state index < -0.39 is 21.5 Å². The summed E-state index contributed by atoms with van der Waals surface area (Å²) in [4.78, 5) is 18.7. The molecule has 6 nitrogen and oxygen atoms in total. The second-order valence-corrected chi connectivity index (χ2v) is 7.16. The molecule has 0 fully saturated rings. The average Bonchev–Trinajstić information content (AvgIpc) is 2.94. The molecule has 0 aliphatic carbocycles. The zero-order valence-corrected chi connectivity index (χ0v) is 13.4. The van der Waals surface area contributed by atoms with Crippen molar-refractivity contribution in [2.24, 2.45) is 0 Å². The first-order valence-electron chi connectivity index (χ1n) is 6.67. The van der Waals surface area contributed by atoms with Crippen molar-refractivity contribution in [3.05, 3.63) is 53.6 Å². The standard InChI is InChI=1S/C15H12ClN3O3S/c16-10-5-1-2-6-11(10)17-14(20)9-23(21,22)15-18-12-7-3-4-8-13(12)19-15/h1-8H,9H2,(H,17,20)(H,18,19). The molecule has 1 aromatic heterocycles. The van der Waals surface area contributed by atoms with Crippen LogP contribution in [0, 0.1) is 0 Å². The molecule has 0 unspecified atom stereocenters. The van der Waals surface area contributed by atoms with E-state index >= 15 is 0 Å². The molecule has 23 heavy (non-hydrogen) atoms. The Kier molecular flexibility index (Phi) is 4.06. The number of nitrogens with one attached hydrogen (secondary N) is 2. The number of aromatic nitrogens is 2. The third-order valence-electron chi connectivity index (χ3n) is 3.13. The molecular formula is C15H12ClN3O3S. The van der Waals surface area contributed by atoms with Crippen LogP contribution in [0.25, 0.3) is 11.0 Å². The molecule has 0 saturated carbocycles. The Hall–Kier alpha value is -2.38. The molecule has 8 heteroatoms. The van der Waals surface area contributed by atoms with Gasteiger partial charge in [0.1, 0.15) is 5.75 Å². The summed E-state index contributed by atoms with van der Waals surface area (Å²) in [5.41, 5.74) is 1.48. The van der Waals surface area contributed by atoms with Gasteiger partial charge in [-0.1, -0.05) is 35.9 Å². The summed E-state index contributed by atoms with van der Waals surface area (Å²) in [6.07, 6.45) is 0. The molecule has 3 aromatic rings. The monoisotopic (exact) mass is 349 g/mol. The summed E-state index contributed by atoms with van der Waals surface area (Å²) >= 11 is 5.93. The smallest absolute Gasteiger partial charge is 0.240 e. The Morgan fingerprint density at radius 2 is 1.83 bits per heavy atom. The molecule has 0 radical (unpaired) electrons. The minimum Gasteiger partial charge on any atom is -0.329 e. The first-order chi connectivity index (χ1) is 11.0. The van der Waals surface area contributed by atoms with Crippen LogP contribution in [0.3, 0.4) is 0 Å². The fourth-order valence-corrected chi connectivity index (χ4v) is 3.31. The number of carbonyl (C=O) groups excluding carboxylic acids is 1. The third-order valence-corrected chi connectivity index (χ3v) is 4.89. The van der Waals surface area contributed by atoms with Gasteiger partial charge in [-0.25, -0.2) is 13.4 Å². The van der Waals surface area contributed by atoms with Crippen LogP contribution in [0.2, 0.25) is 5.02 Å². The van der Waals surface area contributed by atoms with E-state index in [0.29, 0.717) is 21.7 Å². The van der Waals surface area contributed by atoms with E-state index in [0.717, 1.165) is 0 Å². The van der Waals surface area contributed by atoms with Gasteiger partial charge in [0.15, 0.2) is 0 Å². The van der Waals surface area contributed by atoms with Crippen molar-refractivity contribution in [3.8, 4) is 0 Å². The van der Waals surface area contributed by atoms with E-state index in [1.54, 1.807) is 48.5 Å². The summed E-state index contributed by atoms with van der Waals surface area (Å²) in [5, 5.41) is 2.58.